The summed E-state index contributed by atoms with van der Waals surface area (Å²) in [5.41, 5.74) is 1.15. The Morgan fingerprint density at radius 1 is 1.18 bits per heavy atom. The number of aromatic amines is 1. The highest BCUT2D eigenvalue weighted by Crippen LogP contribution is 2.25. The second-order valence-corrected chi connectivity index (χ2v) is 7.42. The predicted octanol–water partition coefficient (Wildman–Crippen LogP) is 2.87. The fourth-order valence-electron chi connectivity index (χ4n) is 2.74. The molecule has 0 saturated carbocycles. The zero-order chi connectivity index (χ0) is 19.7. The lowest BCUT2D eigenvalue weighted by Crippen LogP contribution is -2.30. The van der Waals surface area contributed by atoms with Gasteiger partial charge in [0.2, 0.25) is 0 Å². The molecule has 3 aromatic rings. The predicted molar refractivity (Wildman–Crippen MR) is 111 cm³/mol. The Labute approximate surface area is 168 Å². The van der Waals surface area contributed by atoms with Crippen molar-refractivity contribution >= 4 is 52.5 Å². The van der Waals surface area contributed by atoms with Gasteiger partial charge in [-0.1, -0.05) is 22.9 Å². The molecule has 140 valence electrons. The summed E-state index contributed by atoms with van der Waals surface area (Å²) in [7, 11) is 1.58. The van der Waals surface area contributed by atoms with Crippen LogP contribution >= 0.6 is 22.9 Å². The molecule has 2 heterocycles. The number of rotatable bonds is 4. The molecular formula is C20H14ClN3O3S. The number of halogens is 1. The average Bonchev–Trinajstić information content (AvgIpc) is 3.02. The number of benzene rings is 2. The van der Waals surface area contributed by atoms with E-state index in [-0.39, 0.29) is 10.8 Å². The van der Waals surface area contributed by atoms with Crippen molar-refractivity contribution in [2.24, 2.45) is 4.99 Å². The van der Waals surface area contributed by atoms with Crippen LogP contribution in [0.1, 0.15) is 4.88 Å². The Hall–Kier alpha value is -3.16. The molecule has 0 fully saturated rings. The van der Waals surface area contributed by atoms with Crippen LogP contribution in [-0.2, 0) is 4.79 Å². The quantitative estimate of drug-likeness (QED) is 0.646. The zero-order valence-corrected chi connectivity index (χ0v) is 16.2. The summed E-state index contributed by atoms with van der Waals surface area (Å²) in [5.74, 6) is 0.814. The molecule has 0 aliphatic carbocycles. The number of amides is 1. The van der Waals surface area contributed by atoms with Gasteiger partial charge in [-0.05, 0) is 54.6 Å². The van der Waals surface area contributed by atoms with E-state index in [0.717, 1.165) is 22.2 Å². The van der Waals surface area contributed by atoms with Crippen LogP contribution in [0.2, 0.25) is 5.02 Å². The number of nitrogens with one attached hydrogen (secondary N) is 2. The molecule has 28 heavy (non-hydrogen) atoms. The number of anilines is 2. The number of hydrogen-bond acceptors (Lipinski definition) is 5. The third-order valence-corrected chi connectivity index (χ3v) is 5.17. The fourth-order valence-corrected chi connectivity index (χ4v) is 3.61. The average molecular weight is 412 g/mol. The molecule has 0 spiro atoms. The molecule has 1 aromatic heterocycles. The van der Waals surface area contributed by atoms with Crippen molar-refractivity contribution in [3.63, 3.8) is 0 Å². The molecule has 0 bridgehead atoms. The van der Waals surface area contributed by atoms with Crippen LogP contribution in [0.3, 0.4) is 0 Å². The van der Waals surface area contributed by atoms with E-state index >= 15 is 0 Å². The van der Waals surface area contributed by atoms with E-state index in [1.165, 1.54) is 0 Å². The molecule has 2 N–H and O–H groups in total. The van der Waals surface area contributed by atoms with Gasteiger partial charge in [-0.2, -0.15) is 0 Å². The highest BCUT2D eigenvalue weighted by Gasteiger charge is 2.14. The van der Waals surface area contributed by atoms with Crippen molar-refractivity contribution in [3.05, 3.63) is 78.2 Å². The number of H-pyrrole nitrogens is 1. The largest absolute Gasteiger partial charge is 0.497 e. The summed E-state index contributed by atoms with van der Waals surface area (Å²) in [4.78, 5) is 31.5. The number of methoxy groups -OCH3 is 1. The molecule has 4 rings (SSSR count). The van der Waals surface area contributed by atoms with Gasteiger partial charge in [0.15, 0.2) is 0 Å². The minimum Gasteiger partial charge on any atom is -0.497 e. The molecule has 1 aliphatic rings. The highest BCUT2D eigenvalue weighted by atomic mass is 35.5. The molecule has 8 heteroatoms. The van der Waals surface area contributed by atoms with Crippen molar-refractivity contribution in [2.45, 2.75) is 0 Å². The monoisotopic (exact) mass is 411 g/mol. The summed E-state index contributed by atoms with van der Waals surface area (Å²) in [5, 5.41) is 5.12. The maximum atomic E-state index is 12.4. The molecule has 0 atom stereocenters. The molecule has 0 radical (unpaired) electrons. The maximum absolute atomic E-state index is 12.4. The third-order valence-electron chi connectivity index (χ3n) is 4.09. The first kappa shape index (κ1) is 18.2. The van der Waals surface area contributed by atoms with Gasteiger partial charge in [0, 0.05) is 21.5 Å². The van der Waals surface area contributed by atoms with Crippen molar-refractivity contribution in [2.75, 3.05) is 12.4 Å². The zero-order valence-electron chi connectivity index (χ0n) is 14.7. The van der Waals surface area contributed by atoms with Crippen LogP contribution in [0.4, 0.5) is 11.5 Å². The fraction of sp³-hybridized carbons (Fsp3) is 0.0500. The number of hydrogen-bond donors (Lipinski definition) is 2. The Morgan fingerprint density at radius 3 is 2.71 bits per heavy atom. The number of nitrogens with zero attached hydrogens (tertiary/aromatic N) is 1. The summed E-state index contributed by atoms with van der Waals surface area (Å²) in [6.45, 7) is 0. The van der Waals surface area contributed by atoms with E-state index in [2.05, 4.69) is 15.3 Å². The molecule has 2 aromatic carbocycles. The summed E-state index contributed by atoms with van der Waals surface area (Å²) in [6, 6.07) is 12.4. The van der Waals surface area contributed by atoms with Gasteiger partial charge in [-0.25, -0.2) is 4.99 Å². The molecule has 1 amide bonds. The maximum Gasteiger partial charge on any atom is 0.306 e. The van der Waals surface area contributed by atoms with Crippen molar-refractivity contribution in [1.29, 1.82) is 0 Å². The molecule has 1 aliphatic heterocycles. The van der Waals surface area contributed by atoms with Crippen LogP contribution in [0.5, 0.6) is 5.75 Å². The van der Waals surface area contributed by atoms with Gasteiger partial charge in [0.1, 0.15) is 11.6 Å². The van der Waals surface area contributed by atoms with E-state index in [0.29, 0.717) is 32.4 Å². The first-order valence-electron chi connectivity index (χ1n) is 8.28. The number of thiazole rings is 1. The van der Waals surface area contributed by atoms with Gasteiger partial charge >= 0.3 is 4.87 Å². The second kappa shape index (κ2) is 7.46. The van der Waals surface area contributed by atoms with Crippen LogP contribution < -0.4 is 25.5 Å². The number of carbonyl (C=O) groups is 1. The van der Waals surface area contributed by atoms with E-state index in [9.17, 15) is 9.59 Å². The Bertz CT molecular complexity index is 1270. The van der Waals surface area contributed by atoms with Gasteiger partial charge in [0.25, 0.3) is 5.91 Å². The summed E-state index contributed by atoms with van der Waals surface area (Å²) in [6.07, 6.45) is 3.39. The lowest BCUT2D eigenvalue weighted by molar-refractivity contribution is -0.114. The van der Waals surface area contributed by atoms with E-state index in [1.807, 2.05) is 6.07 Å². The Morgan fingerprint density at radius 2 is 1.96 bits per heavy atom. The minimum atomic E-state index is -0.365. The van der Waals surface area contributed by atoms with E-state index in [1.54, 1.807) is 55.7 Å². The SMILES string of the molecule is COc1ccc2c(c1)=C/C(=C\c1sc(=O)[nH]c1Nc1ccc(Cl)cc1)C(=O)N=2. The molecule has 0 unspecified atom stereocenters. The van der Waals surface area contributed by atoms with Crippen LogP contribution in [0, 0.1) is 0 Å². The minimum absolute atomic E-state index is 0.231. The van der Waals surface area contributed by atoms with Gasteiger partial charge in [-0.3, -0.25) is 14.6 Å². The highest BCUT2D eigenvalue weighted by molar-refractivity contribution is 7.10. The first-order valence-corrected chi connectivity index (χ1v) is 9.47. The normalized spacial score (nSPS) is 14.2. The van der Waals surface area contributed by atoms with Crippen LogP contribution in [0.15, 0.2) is 57.8 Å². The molecule has 0 saturated heterocycles. The first-order chi connectivity index (χ1) is 13.5. The van der Waals surface area contributed by atoms with Gasteiger partial charge in [0.05, 0.1) is 17.3 Å². The summed E-state index contributed by atoms with van der Waals surface area (Å²) >= 11 is 6.91. The lowest BCUT2D eigenvalue weighted by atomic mass is 10.1. The van der Waals surface area contributed by atoms with Crippen LogP contribution in [-0.4, -0.2) is 18.0 Å². The molecule has 6 nitrogen and oxygen atoms in total. The van der Waals surface area contributed by atoms with Crippen molar-refractivity contribution in [1.82, 2.24) is 4.98 Å². The van der Waals surface area contributed by atoms with Crippen LogP contribution in [0.25, 0.3) is 12.2 Å². The van der Waals surface area contributed by atoms with Crippen molar-refractivity contribution < 1.29 is 9.53 Å². The Balaban J connectivity index is 1.74. The third kappa shape index (κ3) is 3.76. The van der Waals surface area contributed by atoms with Gasteiger partial charge in [-0.15, -0.1) is 0 Å². The topological polar surface area (TPSA) is 83.5 Å². The number of fused-ring (bicyclic) bond motifs is 1. The summed E-state index contributed by atoms with van der Waals surface area (Å²) < 4.78 is 5.23. The Kier molecular flexibility index (Phi) is 4.85. The van der Waals surface area contributed by atoms with E-state index < -0.39 is 0 Å². The smallest absolute Gasteiger partial charge is 0.306 e. The number of carbonyl (C=O) groups excluding carboxylic acids is 1. The second-order valence-electron chi connectivity index (χ2n) is 5.97. The van der Waals surface area contributed by atoms with E-state index in [4.69, 9.17) is 16.3 Å². The lowest BCUT2D eigenvalue weighted by Gasteiger charge is -2.07. The molecular weight excluding hydrogens is 398 g/mol. The number of ether oxygens (including phenoxy) is 1. The standard InChI is InChI=1S/C20H14ClN3O3S/c1-27-15-6-7-16-11(9-15)8-12(19(25)23-16)10-17-18(24-20(26)28-17)22-14-4-2-13(21)3-5-14/h2-10,22H,1H3,(H,24,26)/b12-10+. The van der Waals surface area contributed by atoms with Gasteiger partial charge < -0.3 is 10.1 Å². The van der Waals surface area contributed by atoms with Crippen molar-refractivity contribution in [3.8, 4) is 5.75 Å². The number of aromatic nitrogens is 1.